The summed E-state index contributed by atoms with van der Waals surface area (Å²) in [6.45, 7) is 0. The van der Waals surface area contributed by atoms with Crippen LogP contribution in [0.15, 0.2) is 41.3 Å². The van der Waals surface area contributed by atoms with Crippen LogP contribution in [0.25, 0.3) is 11.3 Å². The van der Waals surface area contributed by atoms with Crippen LogP contribution in [0.1, 0.15) is 5.69 Å². The van der Waals surface area contributed by atoms with Crippen LogP contribution in [0.2, 0.25) is 0 Å². The van der Waals surface area contributed by atoms with Gasteiger partial charge in [0.1, 0.15) is 11.8 Å². The lowest BCUT2D eigenvalue weighted by atomic mass is 10.1. The maximum atomic E-state index is 8.91. The van der Waals surface area contributed by atoms with E-state index >= 15 is 0 Å². The van der Waals surface area contributed by atoms with E-state index in [1.54, 1.807) is 11.9 Å². The number of nitrogens with one attached hydrogen (secondary N) is 1. The summed E-state index contributed by atoms with van der Waals surface area (Å²) in [7, 11) is 3.80. The highest BCUT2D eigenvalue weighted by Gasteiger charge is 2.05. The Kier molecular flexibility index (Phi) is 3.52. The Morgan fingerprint density at radius 1 is 1.18 bits per heavy atom. The average molecular weight is 243 g/mol. The van der Waals surface area contributed by atoms with Gasteiger partial charge in [-0.2, -0.15) is 5.26 Å². The third-order valence-corrected chi connectivity index (χ3v) is 3.32. The number of hydrogen-bond acceptors (Lipinski definition) is 3. The van der Waals surface area contributed by atoms with Gasteiger partial charge in [-0.05, 0) is 48.8 Å². The molecule has 86 valence electrons. The minimum Gasteiger partial charge on any atom is -0.335 e. The van der Waals surface area contributed by atoms with Gasteiger partial charge >= 0.3 is 0 Å². The van der Waals surface area contributed by atoms with Gasteiger partial charge in [0.2, 0.25) is 0 Å². The fourth-order valence-electron chi connectivity index (χ4n) is 1.72. The van der Waals surface area contributed by atoms with Crippen molar-refractivity contribution in [2.75, 3.05) is 7.05 Å². The Balaban J connectivity index is 2.34. The number of rotatable bonds is 3. The number of aromatic nitrogens is 1. The van der Waals surface area contributed by atoms with Crippen LogP contribution in [0, 0.1) is 11.3 Å². The molecule has 17 heavy (non-hydrogen) atoms. The molecule has 0 aliphatic carbocycles. The normalized spacial score (nSPS) is 10.2. The molecule has 0 aliphatic heterocycles. The third-order valence-electron chi connectivity index (χ3n) is 2.61. The number of benzene rings is 1. The Morgan fingerprint density at radius 3 is 2.41 bits per heavy atom. The van der Waals surface area contributed by atoms with Crippen LogP contribution in [0.5, 0.6) is 0 Å². The Hall–Kier alpha value is -1.70. The lowest BCUT2D eigenvalue weighted by Crippen LogP contribution is -1.94. The molecular weight excluding hydrogens is 230 g/mol. The van der Waals surface area contributed by atoms with Crippen LogP contribution in [0.4, 0.5) is 0 Å². The van der Waals surface area contributed by atoms with Crippen molar-refractivity contribution < 1.29 is 0 Å². The van der Waals surface area contributed by atoms with Crippen LogP contribution in [-0.4, -0.2) is 11.6 Å². The Bertz CT molecular complexity index is 549. The van der Waals surface area contributed by atoms with Gasteiger partial charge in [0.05, 0.1) is 0 Å². The molecule has 0 saturated carbocycles. The van der Waals surface area contributed by atoms with Gasteiger partial charge in [-0.1, -0.05) is 12.1 Å². The Morgan fingerprint density at radius 2 is 1.88 bits per heavy atom. The molecule has 2 rings (SSSR count). The van der Waals surface area contributed by atoms with Gasteiger partial charge < -0.3 is 4.57 Å². The van der Waals surface area contributed by atoms with E-state index in [2.05, 4.69) is 35.1 Å². The lowest BCUT2D eigenvalue weighted by molar-refractivity contribution is 0.917. The highest BCUT2D eigenvalue weighted by atomic mass is 32.2. The average Bonchev–Trinajstić information content (AvgIpc) is 2.72. The van der Waals surface area contributed by atoms with Gasteiger partial charge in [-0.25, -0.2) is 0 Å². The summed E-state index contributed by atoms with van der Waals surface area (Å²) >= 11 is 1.58. The summed E-state index contributed by atoms with van der Waals surface area (Å²) in [5.41, 5.74) is 2.85. The molecule has 0 amide bonds. The van der Waals surface area contributed by atoms with E-state index in [1.165, 1.54) is 4.90 Å². The van der Waals surface area contributed by atoms with Crippen molar-refractivity contribution in [3.05, 3.63) is 42.1 Å². The van der Waals surface area contributed by atoms with Crippen LogP contribution < -0.4 is 4.72 Å². The first kappa shape index (κ1) is 11.8. The smallest absolute Gasteiger partial charge is 0.120 e. The monoisotopic (exact) mass is 243 g/mol. The minimum absolute atomic E-state index is 0.675. The molecule has 4 heteroatoms. The molecule has 1 aromatic carbocycles. The van der Waals surface area contributed by atoms with Gasteiger partial charge in [0.25, 0.3) is 0 Å². The molecule has 2 aromatic rings. The van der Waals surface area contributed by atoms with E-state index < -0.39 is 0 Å². The molecule has 0 bridgehead atoms. The Labute approximate surface area is 105 Å². The van der Waals surface area contributed by atoms with E-state index in [0.717, 1.165) is 11.3 Å². The standard InChI is InChI=1S/C13H13N3S/c1-15-17-12-6-3-10(4-7-12)13-8-5-11(9-14)16(13)2/h3-8,15H,1-2H3. The van der Waals surface area contributed by atoms with Crippen molar-refractivity contribution in [3.8, 4) is 17.3 Å². The molecule has 0 aliphatic rings. The predicted molar refractivity (Wildman–Crippen MR) is 70.5 cm³/mol. The van der Waals surface area contributed by atoms with Crippen molar-refractivity contribution in [1.82, 2.24) is 9.29 Å². The molecule has 0 atom stereocenters. The topological polar surface area (TPSA) is 40.8 Å². The number of nitrogens with zero attached hydrogens (tertiary/aromatic N) is 2. The van der Waals surface area contributed by atoms with Gasteiger partial charge in [0, 0.05) is 17.6 Å². The molecule has 1 heterocycles. The van der Waals surface area contributed by atoms with Crippen molar-refractivity contribution >= 4 is 11.9 Å². The molecule has 0 unspecified atom stereocenters. The molecule has 1 aromatic heterocycles. The zero-order valence-corrected chi connectivity index (χ0v) is 10.6. The minimum atomic E-state index is 0.675. The van der Waals surface area contributed by atoms with Crippen LogP contribution in [0.3, 0.4) is 0 Å². The number of hydrogen-bond donors (Lipinski definition) is 1. The quantitative estimate of drug-likeness (QED) is 0.843. The maximum absolute atomic E-state index is 8.91. The second-order valence-electron chi connectivity index (χ2n) is 3.61. The zero-order valence-electron chi connectivity index (χ0n) is 9.77. The van der Waals surface area contributed by atoms with Crippen molar-refractivity contribution in [2.24, 2.45) is 7.05 Å². The molecule has 0 fully saturated rings. The van der Waals surface area contributed by atoms with Crippen molar-refractivity contribution in [2.45, 2.75) is 4.90 Å². The zero-order chi connectivity index (χ0) is 12.3. The largest absolute Gasteiger partial charge is 0.335 e. The first-order valence-electron chi connectivity index (χ1n) is 5.26. The fraction of sp³-hybridized carbons (Fsp3) is 0.154. The molecule has 3 nitrogen and oxygen atoms in total. The predicted octanol–water partition coefficient (Wildman–Crippen LogP) is 2.79. The summed E-state index contributed by atoms with van der Waals surface area (Å²) in [4.78, 5) is 1.17. The first-order valence-corrected chi connectivity index (χ1v) is 6.07. The molecular formula is C13H13N3S. The van der Waals surface area contributed by atoms with Crippen molar-refractivity contribution in [1.29, 1.82) is 5.26 Å². The highest BCUT2D eigenvalue weighted by Crippen LogP contribution is 2.24. The molecule has 0 saturated heterocycles. The number of nitriles is 1. The SMILES string of the molecule is CNSc1ccc(-c2ccc(C#N)n2C)cc1. The highest BCUT2D eigenvalue weighted by molar-refractivity contribution is 7.97. The fourth-order valence-corrected chi connectivity index (χ4v) is 2.23. The van der Waals surface area contributed by atoms with Gasteiger partial charge in [-0.15, -0.1) is 0 Å². The summed E-state index contributed by atoms with van der Waals surface area (Å²) in [6, 6.07) is 14.2. The molecule has 0 radical (unpaired) electrons. The van der Waals surface area contributed by atoms with Crippen LogP contribution >= 0.6 is 11.9 Å². The second-order valence-corrected chi connectivity index (χ2v) is 4.69. The molecule has 1 N–H and O–H groups in total. The van der Waals surface area contributed by atoms with E-state index in [0.29, 0.717) is 5.69 Å². The van der Waals surface area contributed by atoms with E-state index in [-0.39, 0.29) is 0 Å². The van der Waals surface area contributed by atoms with Gasteiger partial charge in [-0.3, -0.25) is 4.72 Å². The first-order chi connectivity index (χ1) is 8.26. The summed E-state index contributed by atoms with van der Waals surface area (Å²) < 4.78 is 4.94. The maximum Gasteiger partial charge on any atom is 0.120 e. The van der Waals surface area contributed by atoms with E-state index in [4.69, 9.17) is 5.26 Å². The van der Waals surface area contributed by atoms with E-state index in [9.17, 15) is 0 Å². The van der Waals surface area contributed by atoms with Crippen molar-refractivity contribution in [3.63, 3.8) is 0 Å². The lowest BCUT2D eigenvalue weighted by Gasteiger charge is -2.05. The summed E-state index contributed by atoms with van der Waals surface area (Å²) in [6.07, 6.45) is 0. The summed E-state index contributed by atoms with van der Waals surface area (Å²) in [5.74, 6) is 0. The summed E-state index contributed by atoms with van der Waals surface area (Å²) in [5, 5.41) is 8.91. The molecule has 0 spiro atoms. The van der Waals surface area contributed by atoms with E-state index in [1.807, 2.05) is 30.8 Å². The second kappa shape index (κ2) is 5.09. The van der Waals surface area contributed by atoms with Crippen LogP contribution in [-0.2, 0) is 7.05 Å². The third kappa shape index (κ3) is 2.36. The van der Waals surface area contributed by atoms with Gasteiger partial charge in [0.15, 0.2) is 0 Å².